The van der Waals surface area contributed by atoms with Gasteiger partial charge < -0.3 is 9.84 Å². The number of rotatable bonds is 6. The van der Waals surface area contributed by atoms with Gasteiger partial charge in [-0.3, -0.25) is 9.59 Å². The minimum atomic E-state index is -1.05. The summed E-state index contributed by atoms with van der Waals surface area (Å²) in [5, 5.41) is 12.3. The lowest BCUT2D eigenvalue weighted by molar-refractivity contribution is 0.0888. The molecule has 0 saturated carbocycles. The van der Waals surface area contributed by atoms with Crippen LogP contribution in [0.2, 0.25) is 10.0 Å². The Bertz CT molecular complexity index is 1650. The number of fused-ring (bicyclic) bond motifs is 2. The van der Waals surface area contributed by atoms with Gasteiger partial charge in [-0.05, 0) is 64.6 Å². The maximum absolute atomic E-state index is 13.2. The van der Waals surface area contributed by atoms with Crippen molar-refractivity contribution in [2.75, 3.05) is 6.61 Å². The van der Waals surface area contributed by atoms with Crippen molar-refractivity contribution in [3.05, 3.63) is 98.2 Å². The summed E-state index contributed by atoms with van der Waals surface area (Å²) < 4.78 is 6.21. The molecule has 1 aromatic heterocycles. The average Bonchev–Trinajstić information content (AvgIpc) is 3.14. The van der Waals surface area contributed by atoms with E-state index >= 15 is 0 Å². The summed E-state index contributed by atoms with van der Waals surface area (Å²) in [6, 6.07) is 16.4. The highest BCUT2D eigenvalue weighted by atomic mass is 35.5. The Morgan fingerprint density at radius 3 is 1.95 bits per heavy atom. The summed E-state index contributed by atoms with van der Waals surface area (Å²) in [7, 11) is 0. The largest absolute Gasteiger partial charge is 0.507 e. The molecule has 0 unspecified atom stereocenters. The standard InChI is InChI=1S/C35H35Cl2NO4/c1-34(2,3)23-15-19(16-24(33(23)41)35(4,5)6)9-8-14-42-28-11-7-10-20-12-13-27(38-30(20)28)29-31(39)21-17-25(36)26(37)18-22(21)32(29)40/h7,10-13,15-18,29,41H,8-9,14H2,1-6H3. The molecule has 5 rings (SSSR count). The number of benzene rings is 3. The zero-order chi connectivity index (χ0) is 30.6. The molecule has 0 atom stereocenters. The van der Waals surface area contributed by atoms with Crippen LogP contribution in [0.4, 0.5) is 0 Å². The highest BCUT2D eigenvalue weighted by molar-refractivity contribution is 6.43. The number of aryl methyl sites for hydroxylation is 1. The van der Waals surface area contributed by atoms with Gasteiger partial charge in [0.25, 0.3) is 0 Å². The first kappa shape index (κ1) is 30.1. The van der Waals surface area contributed by atoms with E-state index < -0.39 is 5.92 Å². The number of phenolic OH excluding ortho intramolecular Hbond substituents is 1. The smallest absolute Gasteiger partial charge is 0.180 e. The Morgan fingerprint density at radius 1 is 0.833 bits per heavy atom. The monoisotopic (exact) mass is 603 g/mol. The van der Waals surface area contributed by atoms with Gasteiger partial charge >= 0.3 is 0 Å². The van der Waals surface area contributed by atoms with Crippen LogP contribution in [0, 0.1) is 0 Å². The lowest BCUT2D eigenvalue weighted by atomic mass is 9.78. The average molecular weight is 605 g/mol. The third kappa shape index (κ3) is 5.65. The fourth-order valence-corrected chi connectivity index (χ4v) is 5.83. The van der Waals surface area contributed by atoms with Gasteiger partial charge in [0.1, 0.15) is 22.9 Å². The number of carbonyl (C=O) groups is 2. The number of ether oxygens (including phenoxy) is 1. The van der Waals surface area contributed by atoms with E-state index in [1.165, 1.54) is 12.1 Å². The van der Waals surface area contributed by atoms with Gasteiger partial charge in [-0.1, -0.05) is 95.1 Å². The molecule has 5 nitrogen and oxygen atoms in total. The summed E-state index contributed by atoms with van der Waals surface area (Å²) in [5.74, 6) is -0.752. The number of para-hydroxylation sites is 1. The van der Waals surface area contributed by atoms with Crippen LogP contribution < -0.4 is 4.74 Å². The molecule has 1 aliphatic rings. The van der Waals surface area contributed by atoms with Crippen LogP contribution in [0.25, 0.3) is 10.9 Å². The molecule has 42 heavy (non-hydrogen) atoms. The number of ketones is 2. The molecular formula is C35H35Cl2NO4. The molecule has 1 heterocycles. The van der Waals surface area contributed by atoms with Crippen molar-refractivity contribution < 1.29 is 19.4 Å². The van der Waals surface area contributed by atoms with E-state index in [9.17, 15) is 14.7 Å². The fourth-order valence-electron chi connectivity index (χ4n) is 5.51. The van der Waals surface area contributed by atoms with Gasteiger partial charge in [0.15, 0.2) is 11.6 Å². The molecule has 0 fully saturated rings. The van der Waals surface area contributed by atoms with E-state index in [2.05, 4.69) is 53.7 Å². The molecule has 4 aromatic rings. The number of Topliss-reactive ketones (excluding diaryl/α,β-unsaturated/α-hetero) is 2. The van der Waals surface area contributed by atoms with Crippen molar-refractivity contribution in [3.63, 3.8) is 0 Å². The molecule has 1 aliphatic carbocycles. The van der Waals surface area contributed by atoms with Crippen molar-refractivity contribution in [3.8, 4) is 11.5 Å². The molecule has 0 radical (unpaired) electrons. The first-order chi connectivity index (χ1) is 19.7. The SMILES string of the molecule is CC(C)(C)c1cc(CCCOc2cccc3ccc(C4C(=O)c5cc(Cl)c(Cl)cc5C4=O)nc23)cc(C(C)(C)C)c1O. The zero-order valence-corrected chi connectivity index (χ0v) is 26.3. The summed E-state index contributed by atoms with van der Waals surface area (Å²) in [6.45, 7) is 13.1. The molecule has 0 aliphatic heterocycles. The highest BCUT2D eigenvalue weighted by Gasteiger charge is 2.41. The van der Waals surface area contributed by atoms with E-state index in [0.29, 0.717) is 29.3 Å². The Morgan fingerprint density at radius 2 is 1.40 bits per heavy atom. The summed E-state index contributed by atoms with van der Waals surface area (Å²) in [4.78, 5) is 31.2. The number of aromatic hydroxyl groups is 1. The topological polar surface area (TPSA) is 76.5 Å². The fraction of sp³-hybridized carbons (Fsp3) is 0.343. The van der Waals surface area contributed by atoms with E-state index in [1.54, 1.807) is 6.07 Å². The molecule has 0 amide bonds. The van der Waals surface area contributed by atoms with Gasteiger partial charge in [0, 0.05) is 16.5 Å². The van der Waals surface area contributed by atoms with Gasteiger partial charge in [0.05, 0.1) is 22.3 Å². The number of halogens is 2. The predicted molar refractivity (Wildman–Crippen MR) is 169 cm³/mol. The van der Waals surface area contributed by atoms with E-state index in [-0.39, 0.29) is 43.6 Å². The maximum Gasteiger partial charge on any atom is 0.180 e. The van der Waals surface area contributed by atoms with E-state index in [0.717, 1.165) is 34.9 Å². The molecule has 7 heteroatoms. The normalized spacial score (nSPS) is 14.1. The maximum atomic E-state index is 13.2. The second-order valence-electron chi connectivity index (χ2n) is 13.0. The lowest BCUT2D eigenvalue weighted by Gasteiger charge is -2.28. The molecule has 0 spiro atoms. The minimum absolute atomic E-state index is 0.190. The van der Waals surface area contributed by atoms with Crippen LogP contribution in [0.5, 0.6) is 11.5 Å². The van der Waals surface area contributed by atoms with Gasteiger partial charge in [-0.2, -0.15) is 0 Å². The number of phenols is 1. The van der Waals surface area contributed by atoms with Gasteiger partial charge in [-0.15, -0.1) is 0 Å². The van der Waals surface area contributed by atoms with E-state index in [4.69, 9.17) is 32.9 Å². The van der Waals surface area contributed by atoms with Crippen molar-refractivity contribution >= 4 is 45.7 Å². The van der Waals surface area contributed by atoms with Crippen molar-refractivity contribution in [2.45, 2.75) is 71.1 Å². The number of nitrogens with zero attached hydrogens (tertiary/aromatic N) is 1. The Hall–Kier alpha value is -3.41. The molecule has 3 aromatic carbocycles. The lowest BCUT2D eigenvalue weighted by Crippen LogP contribution is -2.18. The molecule has 0 saturated heterocycles. The first-order valence-corrected chi connectivity index (χ1v) is 14.9. The minimum Gasteiger partial charge on any atom is -0.507 e. The third-order valence-electron chi connectivity index (χ3n) is 7.77. The van der Waals surface area contributed by atoms with Crippen LogP contribution >= 0.6 is 23.2 Å². The molecule has 0 bridgehead atoms. The Balaban J connectivity index is 1.36. The van der Waals surface area contributed by atoms with Crippen molar-refractivity contribution in [2.24, 2.45) is 0 Å². The number of hydrogen-bond donors (Lipinski definition) is 1. The summed E-state index contributed by atoms with van der Waals surface area (Å²) >= 11 is 12.2. The van der Waals surface area contributed by atoms with E-state index in [1.807, 2.05) is 24.3 Å². The van der Waals surface area contributed by atoms with Crippen molar-refractivity contribution in [1.82, 2.24) is 4.98 Å². The summed E-state index contributed by atoms with van der Waals surface area (Å²) in [6.07, 6.45) is 1.54. The van der Waals surface area contributed by atoms with Crippen LogP contribution in [-0.4, -0.2) is 28.3 Å². The number of aromatic nitrogens is 1. The van der Waals surface area contributed by atoms with Crippen LogP contribution in [0.3, 0.4) is 0 Å². The van der Waals surface area contributed by atoms with Gasteiger partial charge in [-0.25, -0.2) is 4.98 Å². The number of hydrogen-bond acceptors (Lipinski definition) is 5. The Kier molecular flexibility index (Phi) is 7.88. The first-order valence-electron chi connectivity index (χ1n) is 14.1. The third-order valence-corrected chi connectivity index (χ3v) is 8.49. The van der Waals surface area contributed by atoms with Crippen LogP contribution in [0.15, 0.2) is 54.6 Å². The second kappa shape index (κ2) is 11.0. The zero-order valence-electron chi connectivity index (χ0n) is 24.8. The summed E-state index contributed by atoms with van der Waals surface area (Å²) in [5.41, 5.74) is 4.16. The van der Waals surface area contributed by atoms with Gasteiger partial charge in [0.2, 0.25) is 0 Å². The van der Waals surface area contributed by atoms with Crippen LogP contribution in [-0.2, 0) is 17.3 Å². The second-order valence-corrected chi connectivity index (χ2v) is 13.8. The van der Waals surface area contributed by atoms with Crippen molar-refractivity contribution in [1.29, 1.82) is 0 Å². The number of carbonyl (C=O) groups excluding carboxylic acids is 2. The van der Waals surface area contributed by atoms with Crippen LogP contribution in [0.1, 0.15) is 97.0 Å². The number of pyridine rings is 1. The Labute approximate surface area is 256 Å². The quantitative estimate of drug-likeness (QED) is 0.176. The molecule has 218 valence electrons. The highest BCUT2D eigenvalue weighted by Crippen LogP contribution is 2.41. The predicted octanol–water partition coefficient (Wildman–Crippen LogP) is 9.02. The molecule has 1 N–H and O–H groups in total. The molecular weight excluding hydrogens is 569 g/mol.